The van der Waals surface area contributed by atoms with E-state index >= 15 is 0 Å². The SMILES string of the molecule is CCCOc1ccccc1OC(C)C(C)NC. The van der Waals surface area contributed by atoms with Crippen LogP contribution in [0.3, 0.4) is 0 Å². The van der Waals surface area contributed by atoms with Gasteiger partial charge in [0.1, 0.15) is 6.10 Å². The second-order valence-electron chi connectivity index (χ2n) is 4.20. The third-order valence-corrected chi connectivity index (χ3v) is 2.78. The smallest absolute Gasteiger partial charge is 0.161 e. The molecule has 0 aliphatic heterocycles. The van der Waals surface area contributed by atoms with E-state index in [0.29, 0.717) is 6.04 Å². The predicted octanol–water partition coefficient (Wildman–Crippen LogP) is 2.85. The van der Waals surface area contributed by atoms with E-state index in [4.69, 9.17) is 9.47 Å². The van der Waals surface area contributed by atoms with Gasteiger partial charge in [0.05, 0.1) is 6.61 Å². The van der Waals surface area contributed by atoms with Crippen molar-refractivity contribution in [2.75, 3.05) is 13.7 Å². The Morgan fingerprint density at radius 1 is 1.18 bits per heavy atom. The molecule has 1 rings (SSSR count). The van der Waals surface area contributed by atoms with Crippen LogP contribution < -0.4 is 14.8 Å². The van der Waals surface area contributed by atoms with Gasteiger partial charge in [-0.3, -0.25) is 0 Å². The third kappa shape index (κ3) is 4.27. The summed E-state index contributed by atoms with van der Waals surface area (Å²) >= 11 is 0. The fraction of sp³-hybridized carbons (Fsp3) is 0.571. The molecule has 1 N–H and O–H groups in total. The van der Waals surface area contributed by atoms with Crippen LogP contribution in [0.1, 0.15) is 27.2 Å². The minimum absolute atomic E-state index is 0.103. The summed E-state index contributed by atoms with van der Waals surface area (Å²) in [6, 6.07) is 8.12. The van der Waals surface area contributed by atoms with Crippen molar-refractivity contribution in [2.24, 2.45) is 0 Å². The van der Waals surface area contributed by atoms with E-state index in [-0.39, 0.29) is 6.10 Å². The molecule has 0 aromatic heterocycles. The van der Waals surface area contributed by atoms with Gasteiger partial charge >= 0.3 is 0 Å². The van der Waals surface area contributed by atoms with Crippen LogP contribution in [0, 0.1) is 0 Å². The number of hydrogen-bond acceptors (Lipinski definition) is 3. The summed E-state index contributed by atoms with van der Waals surface area (Å²) in [6.45, 7) is 6.96. The van der Waals surface area contributed by atoms with Gasteiger partial charge in [-0.15, -0.1) is 0 Å². The predicted molar refractivity (Wildman–Crippen MR) is 70.8 cm³/mol. The summed E-state index contributed by atoms with van der Waals surface area (Å²) in [7, 11) is 1.93. The molecule has 0 amide bonds. The summed E-state index contributed by atoms with van der Waals surface area (Å²) < 4.78 is 11.6. The van der Waals surface area contributed by atoms with Gasteiger partial charge < -0.3 is 14.8 Å². The van der Waals surface area contributed by atoms with Gasteiger partial charge in [-0.25, -0.2) is 0 Å². The lowest BCUT2D eigenvalue weighted by atomic mass is 10.2. The number of ether oxygens (including phenoxy) is 2. The van der Waals surface area contributed by atoms with Gasteiger partial charge in [-0.05, 0) is 39.4 Å². The van der Waals surface area contributed by atoms with E-state index in [1.165, 1.54) is 0 Å². The fourth-order valence-corrected chi connectivity index (χ4v) is 1.42. The molecule has 2 unspecified atom stereocenters. The molecule has 0 heterocycles. The molecule has 2 atom stereocenters. The molecule has 0 aliphatic carbocycles. The Hall–Kier alpha value is -1.22. The number of rotatable bonds is 7. The molecule has 96 valence electrons. The van der Waals surface area contributed by atoms with Crippen LogP contribution in [0.15, 0.2) is 24.3 Å². The molecular weight excluding hydrogens is 214 g/mol. The number of nitrogens with one attached hydrogen (secondary N) is 1. The van der Waals surface area contributed by atoms with E-state index in [2.05, 4.69) is 26.1 Å². The maximum absolute atomic E-state index is 5.91. The van der Waals surface area contributed by atoms with Crippen LogP contribution in [0.5, 0.6) is 11.5 Å². The van der Waals surface area contributed by atoms with Crippen LogP contribution >= 0.6 is 0 Å². The molecule has 1 aromatic carbocycles. The van der Waals surface area contributed by atoms with Crippen molar-refractivity contribution in [2.45, 2.75) is 39.3 Å². The van der Waals surface area contributed by atoms with Crippen LogP contribution in [0.2, 0.25) is 0 Å². The second kappa shape index (κ2) is 7.17. The van der Waals surface area contributed by atoms with Crippen molar-refractivity contribution in [3.63, 3.8) is 0 Å². The summed E-state index contributed by atoms with van der Waals surface area (Å²) in [6.07, 6.45) is 1.10. The molecule has 1 aromatic rings. The van der Waals surface area contributed by atoms with Gasteiger partial charge in [0.15, 0.2) is 11.5 Å². The van der Waals surface area contributed by atoms with Gasteiger partial charge in [-0.1, -0.05) is 19.1 Å². The number of likely N-dealkylation sites (N-methyl/N-ethyl adjacent to an activating group) is 1. The second-order valence-corrected chi connectivity index (χ2v) is 4.20. The first kappa shape index (κ1) is 13.8. The Morgan fingerprint density at radius 3 is 2.41 bits per heavy atom. The summed E-state index contributed by atoms with van der Waals surface area (Å²) in [5.74, 6) is 1.64. The monoisotopic (exact) mass is 237 g/mol. The average Bonchev–Trinajstić information content (AvgIpc) is 2.36. The largest absolute Gasteiger partial charge is 0.490 e. The Bertz CT molecular complexity index is 328. The number of hydrogen-bond donors (Lipinski definition) is 1. The first-order valence-corrected chi connectivity index (χ1v) is 6.24. The van der Waals surface area contributed by atoms with Crippen LogP contribution in [-0.4, -0.2) is 25.8 Å². The minimum atomic E-state index is 0.103. The first-order chi connectivity index (χ1) is 8.19. The molecule has 3 nitrogen and oxygen atoms in total. The van der Waals surface area contributed by atoms with Gasteiger partial charge in [0, 0.05) is 6.04 Å². The standard InChI is InChI=1S/C14H23NO2/c1-5-10-16-13-8-6-7-9-14(13)17-12(3)11(2)15-4/h6-9,11-12,15H,5,10H2,1-4H3. The third-order valence-electron chi connectivity index (χ3n) is 2.78. The van der Waals surface area contributed by atoms with Crippen molar-refractivity contribution in [1.82, 2.24) is 5.32 Å². The van der Waals surface area contributed by atoms with E-state index in [1.54, 1.807) is 0 Å². The molecule has 0 radical (unpaired) electrons. The topological polar surface area (TPSA) is 30.5 Å². The molecule has 0 fully saturated rings. The molecule has 0 saturated heterocycles. The molecule has 0 aliphatic rings. The maximum atomic E-state index is 5.91. The summed E-state index contributed by atoms with van der Waals surface area (Å²) in [4.78, 5) is 0. The van der Waals surface area contributed by atoms with E-state index in [9.17, 15) is 0 Å². The highest BCUT2D eigenvalue weighted by molar-refractivity contribution is 5.39. The Morgan fingerprint density at radius 2 is 1.82 bits per heavy atom. The van der Waals surface area contributed by atoms with E-state index in [1.807, 2.05) is 31.3 Å². The minimum Gasteiger partial charge on any atom is -0.490 e. The Kier molecular flexibility index (Phi) is 5.84. The van der Waals surface area contributed by atoms with Gasteiger partial charge in [0.25, 0.3) is 0 Å². The average molecular weight is 237 g/mol. The maximum Gasteiger partial charge on any atom is 0.161 e. The fourth-order valence-electron chi connectivity index (χ4n) is 1.42. The quantitative estimate of drug-likeness (QED) is 0.791. The molecular formula is C14H23NO2. The molecule has 17 heavy (non-hydrogen) atoms. The lowest BCUT2D eigenvalue weighted by molar-refractivity contribution is 0.172. The highest BCUT2D eigenvalue weighted by atomic mass is 16.5. The summed E-state index contributed by atoms with van der Waals surface area (Å²) in [5.41, 5.74) is 0. The zero-order valence-corrected chi connectivity index (χ0v) is 11.2. The van der Waals surface area contributed by atoms with Crippen LogP contribution in [0.4, 0.5) is 0 Å². The molecule has 0 bridgehead atoms. The van der Waals surface area contributed by atoms with Crippen molar-refractivity contribution in [3.8, 4) is 11.5 Å². The highest BCUT2D eigenvalue weighted by Gasteiger charge is 2.13. The number of benzene rings is 1. The van der Waals surface area contributed by atoms with E-state index < -0.39 is 0 Å². The zero-order chi connectivity index (χ0) is 12.7. The Balaban J connectivity index is 2.68. The molecule has 0 spiro atoms. The molecule has 0 saturated carbocycles. The normalized spacial score (nSPS) is 14.1. The lowest BCUT2D eigenvalue weighted by Crippen LogP contribution is -2.36. The van der Waals surface area contributed by atoms with Crippen molar-refractivity contribution in [1.29, 1.82) is 0 Å². The zero-order valence-electron chi connectivity index (χ0n) is 11.2. The first-order valence-electron chi connectivity index (χ1n) is 6.24. The van der Waals surface area contributed by atoms with Crippen LogP contribution in [-0.2, 0) is 0 Å². The summed E-state index contributed by atoms with van der Waals surface area (Å²) in [5, 5.41) is 3.18. The Labute approximate surface area is 104 Å². The van der Waals surface area contributed by atoms with Gasteiger partial charge in [-0.2, -0.15) is 0 Å². The van der Waals surface area contributed by atoms with Crippen molar-refractivity contribution in [3.05, 3.63) is 24.3 Å². The van der Waals surface area contributed by atoms with Crippen molar-refractivity contribution < 1.29 is 9.47 Å². The van der Waals surface area contributed by atoms with Crippen molar-refractivity contribution >= 4 is 0 Å². The lowest BCUT2D eigenvalue weighted by Gasteiger charge is -2.22. The molecule has 3 heteroatoms. The van der Waals surface area contributed by atoms with Crippen LogP contribution in [0.25, 0.3) is 0 Å². The van der Waals surface area contributed by atoms with E-state index in [0.717, 1.165) is 24.5 Å². The number of para-hydroxylation sites is 2. The van der Waals surface area contributed by atoms with Gasteiger partial charge in [0.2, 0.25) is 0 Å². The highest BCUT2D eigenvalue weighted by Crippen LogP contribution is 2.27.